The average molecular weight is 431 g/mol. The Kier molecular flexibility index (Phi) is 6.54. The Morgan fingerprint density at radius 3 is 2.55 bits per heavy atom. The summed E-state index contributed by atoms with van der Waals surface area (Å²) >= 11 is 5.35. The van der Waals surface area contributed by atoms with Gasteiger partial charge in [0.25, 0.3) is 0 Å². The standard InChI is InChI=1S/C24H22N4O2S/c1-2-29-22-10-6-9-20(15-22)23-26-27-24(31)28(23)25-16-18-11-13-21(14-12-18)30-17-19-7-4-3-5-8-19/h3-16H,2,17H2,1H3,(H,27,31)/b25-16+. The summed E-state index contributed by atoms with van der Waals surface area (Å²) in [4.78, 5) is 0. The quantitative estimate of drug-likeness (QED) is 0.297. The fraction of sp³-hybridized carbons (Fsp3) is 0.125. The molecular formula is C24H22N4O2S. The highest BCUT2D eigenvalue weighted by Gasteiger charge is 2.09. The van der Waals surface area contributed by atoms with Gasteiger partial charge in [0.1, 0.15) is 18.1 Å². The average Bonchev–Trinajstić information content (AvgIpc) is 3.18. The molecule has 0 bridgehead atoms. The third-order valence-electron chi connectivity index (χ3n) is 4.50. The Labute approximate surface area is 185 Å². The molecule has 0 fully saturated rings. The molecule has 156 valence electrons. The molecule has 0 aliphatic rings. The zero-order chi connectivity index (χ0) is 21.5. The van der Waals surface area contributed by atoms with E-state index in [4.69, 9.17) is 21.7 Å². The van der Waals surface area contributed by atoms with E-state index >= 15 is 0 Å². The van der Waals surface area contributed by atoms with Gasteiger partial charge in [0.05, 0.1) is 12.8 Å². The van der Waals surface area contributed by atoms with E-state index in [1.165, 1.54) is 0 Å². The maximum absolute atomic E-state index is 5.83. The Balaban J connectivity index is 1.48. The second kappa shape index (κ2) is 9.86. The number of nitrogens with zero attached hydrogens (tertiary/aromatic N) is 3. The van der Waals surface area contributed by atoms with Crippen molar-refractivity contribution in [2.24, 2.45) is 5.10 Å². The molecule has 0 amide bonds. The number of benzene rings is 3. The number of aromatic amines is 1. The molecule has 0 saturated heterocycles. The molecule has 3 aromatic carbocycles. The predicted octanol–water partition coefficient (Wildman–Crippen LogP) is 5.47. The Hall–Kier alpha value is -3.71. The van der Waals surface area contributed by atoms with Crippen molar-refractivity contribution in [3.63, 3.8) is 0 Å². The molecular weight excluding hydrogens is 408 g/mol. The topological polar surface area (TPSA) is 64.4 Å². The summed E-state index contributed by atoms with van der Waals surface area (Å²) in [5.74, 6) is 2.19. The van der Waals surface area contributed by atoms with E-state index in [0.717, 1.165) is 28.2 Å². The summed E-state index contributed by atoms with van der Waals surface area (Å²) in [6.45, 7) is 3.08. The van der Waals surface area contributed by atoms with Gasteiger partial charge in [0.2, 0.25) is 4.77 Å². The van der Waals surface area contributed by atoms with Crippen molar-refractivity contribution in [2.45, 2.75) is 13.5 Å². The minimum absolute atomic E-state index is 0.413. The lowest BCUT2D eigenvalue weighted by Gasteiger charge is -2.06. The van der Waals surface area contributed by atoms with Crippen LogP contribution in [-0.4, -0.2) is 27.7 Å². The number of rotatable bonds is 8. The molecule has 0 atom stereocenters. The van der Waals surface area contributed by atoms with E-state index in [1.54, 1.807) is 10.9 Å². The number of hydrogen-bond donors (Lipinski definition) is 1. The van der Waals surface area contributed by atoms with Crippen molar-refractivity contribution in [3.8, 4) is 22.9 Å². The Morgan fingerprint density at radius 1 is 0.968 bits per heavy atom. The van der Waals surface area contributed by atoms with Crippen molar-refractivity contribution in [1.29, 1.82) is 0 Å². The number of nitrogens with one attached hydrogen (secondary N) is 1. The fourth-order valence-electron chi connectivity index (χ4n) is 2.99. The summed E-state index contributed by atoms with van der Waals surface area (Å²) in [7, 11) is 0. The number of H-pyrrole nitrogens is 1. The molecule has 0 unspecified atom stereocenters. The number of ether oxygens (including phenoxy) is 2. The number of aromatic nitrogens is 3. The van der Waals surface area contributed by atoms with Crippen molar-refractivity contribution < 1.29 is 9.47 Å². The van der Waals surface area contributed by atoms with Gasteiger partial charge in [-0.1, -0.05) is 42.5 Å². The van der Waals surface area contributed by atoms with Gasteiger partial charge in [0.15, 0.2) is 5.82 Å². The van der Waals surface area contributed by atoms with Gasteiger partial charge in [-0.05, 0) is 66.7 Å². The molecule has 4 aromatic rings. The first-order valence-electron chi connectivity index (χ1n) is 9.95. The Morgan fingerprint density at radius 2 is 1.77 bits per heavy atom. The lowest BCUT2D eigenvalue weighted by Crippen LogP contribution is -1.97. The van der Waals surface area contributed by atoms with Crippen LogP contribution in [0.2, 0.25) is 0 Å². The van der Waals surface area contributed by atoms with E-state index in [1.807, 2.05) is 85.8 Å². The zero-order valence-corrected chi connectivity index (χ0v) is 17.9. The van der Waals surface area contributed by atoms with Crippen LogP contribution in [0.3, 0.4) is 0 Å². The molecule has 0 spiro atoms. The summed E-state index contributed by atoms with van der Waals surface area (Å²) in [5, 5.41) is 11.7. The van der Waals surface area contributed by atoms with E-state index < -0.39 is 0 Å². The lowest BCUT2D eigenvalue weighted by molar-refractivity contribution is 0.306. The smallest absolute Gasteiger partial charge is 0.216 e. The molecule has 1 N–H and O–H groups in total. The van der Waals surface area contributed by atoms with Crippen molar-refractivity contribution >= 4 is 18.4 Å². The van der Waals surface area contributed by atoms with Crippen LogP contribution in [0.15, 0.2) is 84.0 Å². The first-order valence-corrected chi connectivity index (χ1v) is 10.4. The Bertz CT molecular complexity index is 1210. The van der Waals surface area contributed by atoms with Crippen LogP contribution in [0.1, 0.15) is 18.1 Å². The summed E-state index contributed by atoms with van der Waals surface area (Å²) in [6.07, 6.45) is 1.74. The predicted molar refractivity (Wildman–Crippen MR) is 124 cm³/mol. The first-order chi connectivity index (χ1) is 15.2. The van der Waals surface area contributed by atoms with E-state index in [9.17, 15) is 0 Å². The largest absolute Gasteiger partial charge is 0.494 e. The second-order valence-corrected chi connectivity index (χ2v) is 7.10. The maximum atomic E-state index is 5.83. The second-order valence-electron chi connectivity index (χ2n) is 6.71. The zero-order valence-electron chi connectivity index (χ0n) is 17.1. The summed E-state index contributed by atoms with van der Waals surface area (Å²) < 4.78 is 13.4. The minimum Gasteiger partial charge on any atom is -0.494 e. The summed E-state index contributed by atoms with van der Waals surface area (Å²) in [5.41, 5.74) is 2.91. The minimum atomic E-state index is 0.413. The van der Waals surface area contributed by atoms with Crippen LogP contribution in [0.5, 0.6) is 11.5 Å². The van der Waals surface area contributed by atoms with Gasteiger partial charge in [-0.3, -0.25) is 0 Å². The van der Waals surface area contributed by atoms with Crippen LogP contribution >= 0.6 is 12.2 Å². The SMILES string of the molecule is CCOc1cccc(-c2n[nH]c(=S)n2/N=C/c2ccc(OCc3ccccc3)cc2)c1. The van der Waals surface area contributed by atoms with E-state index in [-0.39, 0.29) is 0 Å². The highest BCUT2D eigenvalue weighted by atomic mass is 32.1. The molecule has 7 heteroatoms. The molecule has 0 saturated carbocycles. The molecule has 0 aliphatic heterocycles. The van der Waals surface area contributed by atoms with E-state index in [0.29, 0.717) is 23.8 Å². The normalized spacial score (nSPS) is 11.0. The monoisotopic (exact) mass is 430 g/mol. The van der Waals surface area contributed by atoms with Gasteiger partial charge >= 0.3 is 0 Å². The van der Waals surface area contributed by atoms with Crippen LogP contribution in [-0.2, 0) is 6.61 Å². The van der Waals surface area contributed by atoms with Gasteiger partial charge in [-0.25, -0.2) is 5.10 Å². The van der Waals surface area contributed by atoms with Crippen LogP contribution in [0, 0.1) is 4.77 Å². The maximum Gasteiger partial charge on any atom is 0.216 e. The molecule has 6 nitrogen and oxygen atoms in total. The van der Waals surface area contributed by atoms with Gasteiger partial charge in [0, 0.05) is 5.56 Å². The first kappa shape index (κ1) is 20.6. The highest BCUT2D eigenvalue weighted by molar-refractivity contribution is 7.71. The van der Waals surface area contributed by atoms with Crippen molar-refractivity contribution in [1.82, 2.24) is 14.9 Å². The molecule has 4 rings (SSSR count). The molecule has 1 aromatic heterocycles. The fourth-order valence-corrected chi connectivity index (χ4v) is 3.17. The molecule has 0 radical (unpaired) electrons. The lowest BCUT2D eigenvalue weighted by atomic mass is 10.2. The van der Waals surface area contributed by atoms with Crippen molar-refractivity contribution in [2.75, 3.05) is 6.61 Å². The highest BCUT2D eigenvalue weighted by Crippen LogP contribution is 2.22. The van der Waals surface area contributed by atoms with Crippen LogP contribution in [0.25, 0.3) is 11.4 Å². The van der Waals surface area contributed by atoms with Gasteiger partial charge in [-0.2, -0.15) is 14.9 Å². The van der Waals surface area contributed by atoms with Crippen molar-refractivity contribution in [3.05, 3.63) is 94.8 Å². The van der Waals surface area contributed by atoms with Crippen LogP contribution < -0.4 is 9.47 Å². The molecule has 1 heterocycles. The van der Waals surface area contributed by atoms with E-state index in [2.05, 4.69) is 15.3 Å². The third kappa shape index (κ3) is 5.26. The van der Waals surface area contributed by atoms with Gasteiger partial charge in [-0.15, -0.1) is 0 Å². The van der Waals surface area contributed by atoms with Gasteiger partial charge < -0.3 is 9.47 Å². The molecule has 31 heavy (non-hydrogen) atoms. The molecule has 0 aliphatic carbocycles. The summed E-state index contributed by atoms with van der Waals surface area (Å²) in [6, 6.07) is 25.5. The number of hydrogen-bond acceptors (Lipinski definition) is 5. The third-order valence-corrected chi connectivity index (χ3v) is 4.77. The van der Waals surface area contributed by atoms with Crippen LogP contribution in [0.4, 0.5) is 0 Å².